The van der Waals surface area contributed by atoms with Gasteiger partial charge in [0.1, 0.15) is 5.70 Å². The van der Waals surface area contributed by atoms with Gasteiger partial charge in [0.25, 0.3) is 0 Å². The van der Waals surface area contributed by atoms with Gasteiger partial charge >= 0.3 is 5.97 Å². The Morgan fingerprint density at radius 1 is 1.35 bits per heavy atom. The van der Waals surface area contributed by atoms with Gasteiger partial charge in [-0.2, -0.15) is 0 Å². The topological polar surface area (TPSA) is 107 Å². The van der Waals surface area contributed by atoms with Gasteiger partial charge in [-0.1, -0.05) is 6.92 Å². The minimum atomic E-state index is -1.04. The lowest BCUT2D eigenvalue weighted by atomic mass is 9.79. The number of amides is 1. The maximum atomic E-state index is 12.4. The zero-order chi connectivity index (χ0) is 18.7. The van der Waals surface area contributed by atoms with Crippen molar-refractivity contribution >= 4 is 23.6 Å². The number of nitrogens with zero attached hydrogens (tertiary/aromatic N) is 2. The number of aliphatic hydroxyl groups is 1. The second-order valence-corrected chi connectivity index (χ2v) is 9.53. The van der Waals surface area contributed by atoms with Crippen LogP contribution in [0.3, 0.4) is 0 Å². The molecule has 4 N–H and O–H groups in total. The highest BCUT2D eigenvalue weighted by Gasteiger charge is 2.60. The second kappa shape index (κ2) is 6.51. The minimum Gasteiger partial charge on any atom is -0.477 e. The molecule has 0 aromatic carbocycles. The van der Waals surface area contributed by atoms with E-state index in [0.29, 0.717) is 17.3 Å². The van der Waals surface area contributed by atoms with Gasteiger partial charge in [-0.05, 0) is 26.2 Å². The highest BCUT2D eigenvalue weighted by atomic mass is 32.2. The van der Waals surface area contributed by atoms with Gasteiger partial charge in [-0.3, -0.25) is 9.69 Å². The van der Waals surface area contributed by atoms with Crippen LogP contribution in [-0.2, 0) is 9.59 Å². The second-order valence-electron chi connectivity index (χ2n) is 8.19. The van der Waals surface area contributed by atoms with Crippen LogP contribution in [0.5, 0.6) is 0 Å². The zero-order valence-electron chi connectivity index (χ0n) is 15.2. The van der Waals surface area contributed by atoms with Crippen LogP contribution in [0, 0.1) is 11.8 Å². The number of likely N-dealkylation sites (tertiary alicyclic amines) is 1. The van der Waals surface area contributed by atoms with E-state index in [0.717, 1.165) is 37.3 Å². The Morgan fingerprint density at radius 3 is 2.58 bits per heavy atom. The number of hydrogen-bond donors (Lipinski definition) is 3. The summed E-state index contributed by atoms with van der Waals surface area (Å²) in [5, 5.41) is 19.9. The summed E-state index contributed by atoms with van der Waals surface area (Å²) in [7, 11) is 0. The van der Waals surface area contributed by atoms with Crippen molar-refractivity contribution in [1.82, 2.24) is 9.80 Å². The Labute approximate surface area is 157 Å². The molecule has 2 saturated heterocycles. The quantitative estimate of drug-likeness (QED) is 0.593. The van der Waals surface area contributed by atoms with Crippen LogP contribution in [-0.4, -0.2) is 74.5 Å². The Balaban J connectivity index is 1.44. The molecular weight excluding hydrogens is 354 g/mol. The molecule has 7 nitrogen and oxygen atoms in total. The Kier molecular flexibility index (Phi) is 4.58. The van der Waals surface area contributed by atoms with E-state index in [1.54, 1.807) is 18.7 Å². The lowest BCUT2D eigenvalue weighted by Crippen LogP contribution is -2.63. The van der Waals surface area contributed by atoms with Crippen molar-refractivity contribution in [3.8, 4) is 0 Å². The highest BCUT2D eigenvalue weighted by Crippen LogP contribution is 2.52. The minimum absolute atomic E-state index is 0.0441. The standard InChI is InChI=1S/C18H27N3O4S/c1-8-14-13(9(2)22)17(23)21(14)15(18(24)25)16(8)26-12-6-20(7-12)11-4-3-10(19)5-11/h8-14,22H,3-7,19H2,1-2H3,(H,24,25)/t8-,9-,10+,11+,13-,14-/m1/s1. The van der Waals surface area contributed by atoms with Gasteiger partial charge in [-0.15, -0.1) is 11.8 Å². The normalized spacial score (nSPS) is 39.0. The SMILES string of the molecule is C[C@@H](O)[C@H]1C(=O)N2C(C(=O)O)=C(SC3CN([C@H]4CC[C@H](N)C4)C3)[C@H](C)[C@H]12. The summed E-state index contributed by atoms with van der Waals surface area (Å²) in [5.74, 6) is -1.84. The number of carboxylic acid groups (broad SMARTS) is 1. The number of thioether (sulfide) groups is 1. The van der Waals surface area contributed by atoms with Crippen molar-refractivity contribution in [2.24, 2.45) is 17.6 Å². The Morgan fingerprint density at radius 2 is 2.04 bits per heavy atom. The molecule has 8 heteroatoms. The van der Waals surface area contributed by atoms with E-state index in [-0.39, 0.29) is 23.6 Å². The van der Waals surface area contributed by atoms with Gasteiger partial charge in [-0.25, -0.2) is 4.79 Å². The first-order chi connectivity index (χ1) is 12.3. The molecular formula is C18H27N3O4S. The van der Waals surface area contributed by atoms with E-state index in [2.05, 4.69) is 4.90 Å². The predicted molar refractivity (Wildman–Crippen MR) is 98.2 cm³/mol. The first-order valence-corrected chi connectivity index (χ1v) is 10.3. The van der Waals surface area contributed by atoms with Crippen molar-refractivity contribution in [2.75, 3.05) is 13.1 Å². The van der Waals surface area contributed by atoms with Gasteiger partial charge in [0.15, 0.2) is 0 Å². The molecule has 1 saturated carbocycles. The number of nitrogens with two attached hydrogens (primary N) is 1. The Hall–Kier alpha value is -1.09. The molecule has 0 spiro atoms. The van der Waals surface area contributed by atoms with Crippen LogP contribution < -0.4 is 5.73 Å². The molecule has 0 bridgehead atoms. The van der Waals surface area contributed by atoms with E-state index in [9.17, 15) is 19.8 Å². The first-order valence-electron chi connectivity index (χ1n) is 9.44. The number of aliphatic hydroxyl groups excluding tert-OH is 1. The first kappa shape index (κ1) is 18.3. The average Bonchev–Trinajstić information content (AvgIpc) is 3.03. The van der Waals surface area contributed by atoms with E-state index >= 15 is 0 Å². The van der Waals surface area contributed by atoms with Crippen molar-refractivity contribution < 1.29 is 19.8 Å². The summed E-state index contributed by atoms with van der Waals surface area (Å²) in [6.07, 6.45) is 2.54. The maximum absolute atomic E-state index is 12.4. The summed E-state index contributed by atoms with van der Waals surface area (Å²) >= 11 is 1.62. The highest BCUT2D eigenvalue weighted by molar-refractivity contribution is 8.03. The molecule has 26 heavy (non-hydrogen) atoms. The molecule has 1 aliphatic carbocycles. The molecule has 0 aromatic rings. The monoisotopic (exact) mass is 381 g/mol. The smallest absolute Gasteiger partial charge is 0.353 e. The summed E-state index contributed by atoms with van der Waals surface area (Å²) in [5.41, 5.74) is 6.14. The lowest BCUT2D eigenvalue weighted by Gasteiger charge is -2.46. The zero-order valence-corrected chi connectivity index (χ0v) is 16.0. The summed E-state index contributed by atoms with van der Waals surface area (Å²) < 4.78 is 0. The fraction of sp³-hybridized carbons (Fsp3) is 0.778. The molecule has 1 amide bonds. The third-order valence-electron chi connectivity index (χ3n) is 6.44. The largest absolute Gasteiger partial charge is 0.477 e. The average molecular weight is 381 g/mol. The third kappa shape index (κ3) is 2.69. The molecule has 3 fully saturated rings. The number of aliphatic carboxylic acids is 1. The number of carbonyl (C=O) groups is 2. The molecule has 0 aromatic heterocycles. The molecule has 0 radical (unpaired) electrons. The van der Waals surface area contributed by atoms with Crippen LogP contribution in [0.2, 0.25) is 0 Å². The Bertz CT molecular complexity index is 661. The summed E-state index contributed by atoms with van der Waals surface area (Å²) in [6.45, 7) is 5.48. The number of carboxylic acids is 1. The van der Waals surface area contributed by atoms with Crippen molar-refractivity contribution in [2.45, 2.75) is 62.6 Å². The number of carbonyl (C=O) groups excluding carboxylic acids is 1. The van der Waals surface area contributed by atoms with Crippen LogP contribution in [0.4, 0.5) is 0 Å². The van der Waals surface area contributed by atoms with Gasteiger partial charge in [0.2, 0.25) is 5.91 Å². The van der Waals surface area contributed by atoms with Crippen molar-refractivity contribution in [3.05, 3.63) is 10.6 Å². The fourth-order valence-corrected chi connectivity index (χ4v) is 6.57. The summed E-state index contributed by atoms with van der Waals surface area (Å²) in [6, 6.07) is 0.659. The van der Waals surface area contributed by atoms with Gasteiger partial charge in [0.05, 0.1) is 18.1 Å². The number of hydrogen-bond acceptors (Lipinski definition) is 6. The summed E-state index contributed by atoms with van der Waals surface area (Å²) in [4.78, 5) is 28.8. The van der Waals surface area contributed by atoms with E-state index in [1.165, 1.54) is 4.90 Å². The molecule has 0 unspecified atom stereocenters. The van der Waals surface area contributed by atoms with E-state index < -0.39 is 18.0 Å². The van der Waals surface area contributed by atoms with Crippen LogP contribution in [0.1, 0.15) is 33.1 Å². The number of fused-ring (bicyclic) bond motifs is 1. The molecule has 6 atom stereocenters. The molecule has 4 rings (SSSR count). The van der Waals surface area contributed by atoms with Crippen LogP contribution in [0.25, 0.3) is 0 Å². The third-order valence-corrected chi connectivity index (χ3v) is 7.89. The van der Waals surface area contributed by atoms with E-state index in [1.807, 2.05) is 6.92 Å². The van der Waals surface area contributed by atoms with Crippen LogP contribution >= 0.6 is 11.8 Å². The molecule has 3 heterocycles. The number of β-lactam (4-membered cyclic amide) rings is 1. The number of rotatable bonds is 5. The van der Waals surface area contributed by atoms with Gasteiger partial charge < -0.3 is 20.8 Å². The molecule has 3 aliphatic heterocycles. The fourth-order valence-electron chi connectivity index (χ4n) is 5.02. The van der Waals surface area contributed by atoms with Gasteiger partial charge in [0, 0.05) is 41.2 Å². The van der Waals surface area contributed by atoms with Crippen molar-refractivity contribution in [3.63, 3.8) is 0 Å². The molecule has 4 aliphatic rings. The van der Waals surface area contributed by atoms with E-state index in [4.69, 9.17) is 5.73 Å². The lowest BCUT2D eigenvalue weighted by molar-refractivity contribution is -0.163. The van der Waals surface area contributed by atoms with Crippen molar-refractivity contribution in [1.29, 1.82) is 0 Å². The predicted octanol–water partition coefficient (Wildman–Crippen LogP) is 0.437. The molecule has 144 valence electrons. The maximum Gasteiger partial charge on any atom is 0.353 e. The van der Waals surface area contributed by atoms with Crippen LogP contribution in [0.15, 0.2) is 10.6 Å².